The second-order valence-electron chi connectivity index (χ2n) is 5.62. The van der Waals surface area contributed by atoms with Crippen LogP contribution in [0.5, 0.6) is 0 Å². The molecule has 3 atom stereocenters. The Balaban J connectivity index is 2.90. The zero-order valence-electron chi connectivity index (χ0n) is 13.6. The highest BCUT2D eigenvalue weighted by molar-refractivity contribution is 5.01. The molecule has 0 fully saturated rings. The first-order chi connectivity index (χ1) is 9.54. The molecule has 0 radical (unpaired) electrons. The molecule has 116 valence electrons. The number of methoxy groups -OCH3 is 1. The molecule has 0 amide bonds. The highest BCUT2D eigenvalue weighted by atomic mass is 16.5. The third kappa shape index (κ3) is 4.28. The Kier molecular flexibility index (Phi) is 7.16. The standard InChI is InChI=1S/C15H29N3O2/c1-7-9-12(19-6)14-17-15(20-18-14)13(10(3)4)11(5)16-8-2/h10-13,16H,7-9H2,1-6H3. The van der Waals surface area contributed by atoms with Crippen LogP contribution in [0.2, 0.25) is 0 Å². The fourth-order valence-electron chi connectivity index (χ4n) is 2.65. The van der Waals surface area contributed by atoms with Gasteiger partial charge in [0.1, 0.15) is 6.10 Å². The van der Waals surface area contributed by atoms with Crippen molar-refractivity contribution in [1.29, 1.82) is 0 Å². The molecule has 1 N–H and O–H groups in total. The van der Waals surface area contributed by atoms with E-state index in [0.717, 1.165) is 19.4 Å². The SMILES string of the molecule is CCCC(OC)c1noc(C(C(C)C)C(C)NCC)n1. The summed E-state index contributed by atoms with van der Waals surface area (Å²) in [6, 6.07) is 0.306. The number of hydrogen-bond donors (Lipinski definition) is 1. The van der Waals surface area contributed by atoms with Crippen LogP contribution in [0, 0.1) is 5.92 Å². The van der Waals surface area contributed by atoms with E-state index in [9.17, 15) is 0 Å². The van der Waals surface area contributed by atoms with Crippen molar-refractivity contribution >= 4 is 0 Å². The van der Waals surface area contributed by atoms with Gasteiger partial charge in [0.15, 0.2) is 0 Å². The Morgan fingerprint density at radius 3 is 2.45 bits per heavy atom. The number of likely N-dealkylation sites (N-methyl/N-ethyl adjacent to an activating group) is 1. The lowest BCUT2D eigenvalue weighted by atomic mass is 9.89. The minimum Gasteiger partial charge on any atom is -0.373 e. The first kappa shape index (κ1) is 17.1. The van der Waals surface area contributed by atoms with Gasteiger partial charge in [-0.05, 0) is 25.8 Å². The van der Waals surface area contributed by atoms with Crippen LogP contribution in [-0.2, 0) is 4.74 Å². The van der Waals surface area contributed by atoms with Gasteiger partial charge in [-0.15, -0.1) is 0 Å². The minimum absolute atomic E-state index is 0.0697. The van der Waals surface area contributed by atoms with Crippen molar-refractivity contribution in [2.24, 2.45) is 5.92 Å². The van der Waals surface area contributed by atoms with Crippen molar-refractivity contribution in [3.8, 4) is 0 Å². The van der Waals surface area contributed by atoms with Crippen LogP contribution in [0.4, 0.5) is 0 Å². The summed E-state index contributed by atoms with van der Waals surface area (Å²) in [5, 5.41) is 7.56. The van der Waals surface area contributed by atoms with Crippen molar-refractivity contribution < 1.29 is 9.26 Å². The summed E-state index contributed by atoms with van der Waals surface area (Å²) >= 11 is 0. The van der Waals surface area contributed by atoms with E-state index in [-0.39, 0.29) is 12.0 Å². The Morgan fingerprint density at radius 1 is 1.25 bits per heavy atom. The summed E-state index contributed by atoms with van der Waals surface area (Å²) in [7, 11) is 1.69. The van der Waals surface area contributed by atoms with Crippen LogP contribution in [0.3, 0.4) is 0 Å². The van der Waals surface area contributed by atoms with Gasteiger partial charge in [-0.1, -0.05) is 39.3 Å². The van der Waals surface area contributed by atoms with Crippen LogP contribution in [0.15, 0.2) is 4.52 Å². The molecule has 3 unspecified atom stereocenters. The molecule has 0 aliphatic carbocycles. The second-order valence-corrected chi connectivity index (χ2v) is 5.62. The van der Waals surface area contributed by atoms with Gasteiger partial charge in [-0.25, -0.2) is 0 Å². The largest absolute Gasteiger partial charge is 0.373 e. The number of ether oxygens (including phenoxy) is 1. The molecular formula is C15H29N3O2. The van der Waals surface area contributed by atoms with Gasteiger partial charge in [0.2, 0.25) is 11.7 Å². The molecule has 0 spiro atoms. The second kappa shape index (κ2) is 8.37. The molecule has 1 heterocycles. The van der Waals surface area contributed by atoms with E-state index >= 15 is 0 Å². The number of nitrogens with one attached hydrogen (secondary N) is 1. The molecule has 0 aliphatic rings. The zero-order valence-corrected chi connectivity index (χ0v) is 13.6. The predicted molar refractivity (Wildman–Crippen MR) is 79.7 cm³/mol. The van der Waals surface area contributed by atoms with Gasteiger partial charge in [-0.2, -0.15) is 4.98 Å². The third-order valence-electron chi connectivity index (χ3n) is 3.65. The molecule has 5 heteroatoms. The van der Waals surface area contributed by atoms with E-state index in [1.165, 1.54) is 0 Å². The summed E-state index contributed by atoms with van der Waals surface area (Å²) in [6.07, 6.45) is 1.87. The van der Waals surface area contributed by atoms with Gasteiger partial charge in [-0.3, -0.25) is 0 Å². The van der Waals surface area contributed by atoms with E-state index in [1.807, 2.05) is 0 Å². The average molecular weight is 283 g/mol. The van der Waals surface area contributed by atoms with Crippen molar-refractivity contribution in [1.82, 2.24) is 15.5 Å². The van der Waals surface area contributed by atoms with Gasteiger partial charge in [0.05, 0.1) is 5.92 Å². The fraction of sp³-hybridized carbons (Fsp3) is 0.867. The van der Waals surface area contributed by atoms with Crippen LogP contribution in [0.25, 0.3) is 0 Å². The van der Waals surface area contributed by atoms with E-state index in [2.05, 4.69) is 50.1 Å². The lowest BCUT2D eigenvalue weighted by molar-refractivity contribution is 0.0854. The quantitative estimate of drug-likeness (QED) is 0.753. The Labute approximate surface area is 122 Å². The summed E-state index contributed by atoms with van der Waals surface area (Å²) in [6.45, 7) is 11.7. The average Bonchev–Trinajstić information content (AvgIpc) is 2.85. The molecule has 0 aromatic carbocycles. The number of aromatic nitrogens is 2. The fourth-order valence-corrected chi connectivity index (χ4v) is 2.65. The Hall–Kier alpha value is -0.940. The monoisotopic (exact) mass is 283 g/mol. The van der Waals surface area contributed by atoms with Crippen LogP contribution < -0.4 is 5.32 Å². The van der Waals surface area contributed by atoms with Crippen molar-refractivity contribution in [3.05, 3.63) is 11.7 Å². The molecular weight excluding hydrogens is 254 g/mol. The lowest BCUT2D eigenvalue weighted by Gasteiger charge is -2.24. The molecule has 1 aromatic heterocycles. The van der Waals surface area contributed by atoms with Gasteiger partial charge in [0, 0.05) is 13.2 Å². The molecule has 5 nitrogen and oxygen atoms in total. The molecule has 0 aliphatic heterocycles. The first-order valence-electron chi connectivity index (χ1n) is 7.64. The number of hydrogen-bond acceptors (Lipinski definition) is 5. The maximum Gasteiger partial charge on any atom is 0.231 e. The van der Waals surface area contributed by atoms with E-state index < -0.39 is 0 Å². The Morgan fingerprint density at radius 2 is 1.95 bits per heavy atom. The maximum absolute atomic E-state index is 5.50. The topological polar surface area (TPSA) is 60.2 Å². The zero-order chi connectivity index (χ0) is 15.1. The molecule has 0 saturated heterocycles. The van der Waals surface area contributed by atoms with Gasteiger partial charge >= 0.3 is 0 Å². The van der Waals surface area contributed by atoms with Gasteiger partial charge < -0.3 is 14.6 Å². The van der Waals surface area contributed by atoms with Crippen LogP contribution in [-0.4, -0.2) is 29.8 Å². The summed E-state index contributed by atoms with van der Waals surface area (Å²) in [4.78, 5) is 4.58. The third-order valence-corrected chi connectivity index (χ3v) is 3.65. The van der Waals surface area contributed by atoms with Gasteiger partial charge in [0.25, 0.3) is 0 Å². The van der Waals surface area contributed by atoms with Crippen LogP contribution >= 0.6 is 0 Å². The van der Waals surface area contributed by atoms with E-state index in [1.54, 1.807) is 7.11 Å². The molecule has 1 aromatic rings. The number of nitrogens with zero attached hydrogens (tertiary/aromatic N) is 2. The summed E-state index contributed by atoms with van der Waals surface area (Å²) in [5.74, 6) is 2.03. The van der Waals surface area contributed by atoms with E-state index in [0.29, 0.717) is 23.7 Å². The summed E-state index contributed by atoms with van der Waals surface area (Å²) < 4.78 is 10.9. The van der Waals surface area contributed by atoms with Crippen molar-refractivity contribution in [2.45, 2.75) is 65.5 Å². The Bertz CT molecular complexity index is 379. The highest BCUT2D eigenvalue weighted by Gasteiger charge is 2.29. The normalized spacial score (nSPS) is 16.4. The maximum atomic E-state index is 5.50. The molecule has 1 rings (SSSR count). The molecule has 20 heavy (non-hydrogen) atoms. The highest BCUT2D eigenvalue weighted by Crippen LogP contribution is 2.28. The number of rotatable bonds is 9. The predicted octanol–water partition coefficient (Wildman–Crippen LogP) is 3.29. The lowest BCUT2D eigenvalue weighted by Crippen LogP contribution is -2.34. The smallest absolute Gasteiger partial charge is 0.231 e. The van der Waals surface area contributed by atoms with Crippen molar-refractivity contribution in [3.63, 3.8) is 0 Å². The van der Waals surface area contributed by atoms with Crippen LogP contribution in [0.1, 0.15) is 71.2 Å². The van der Waals surface area contributed by atoms with E-state index in [4.69, 9.17) is 9.26 Å². The minimum atomic E-state index is -0.0697. The van der Waals surface area contributed by atoms with Crippen molar-refractivity contribution in [2.75, 3.05) is 13.7 Å². The summed E-state index contributed by atoms with van der Waals surface area (Å²) in [5.41, 5.74) is 0. The molecule has 0 bridgehead atoms. The first-order valence-corrected chi connectivity index (χ1v) is 7.64. The molecule has 0 saturated carbocycles.